The third-order valence-electron chi connectivity index (χ3n) is 2.51. The zero-order valence-electron chi connectivity index (χ0n) is 9.85. The molecule has 0 saturated carbocycles. The fraction of sp³-hybridized carbons (Fsp3) is 0.167. The number of aromatic nitrogens is 2. The van der Waals surface area contributed by atoms with Crippen molar-refractivity contribution in [3.05, 3.63) is 34.7 Å². The molecule has 5 nitrogen and oxygen atoms in total. The fourth-order valence-electron chi connectivity index (χ4n) is 1.68. The van der Waals surface area contributed by atoms with E-state index >= 15 is 0 Å². The van der Waals surface area contributed by atoms with E-state index in [1.807, 2.05) is 12.1 Å². The molecule has 1 heterocycles. The molecular formula is C12H11BrN2O3. The number of carbonyl (C=O) groups is 1. The van der Waals surface area contributed by atoms with Crippen LogP contribution in [-0.2, 0) is 7.05 Å². The average Bonchev–Trinajstić information content (AvgIpc) is 2.71. The van der Waals surface area contributed by atoms with Crippen molar-refractivity contribution in [1.82, 2.24) is 9.55 Å². The molecule has 2 rings (SSSR count). The van der Waals surface area contributed by atoms with Crippen molar-refractivity contribution in [3.63, 3.8) is 0 Å². The van der Waals surface area contributed by atoms with Crippen LogP contribution in [0.15, 0.2) is 28.9 Å². The largest absolute Gasteiger partial charge is 0.496 e. The van der Waals surface area contributed by atoms with Gasteiger partial charge in [0.15, 0.2) is 0 Å². The van der Waals surface area contributed by atoms with Gasteiger partial charge in [-0.25, -0.2) is 9.78 Å². The first-order valence-electron chi connectivity index (χ1n) is 5.13. The number of rotatable bonds is 3. The lowest BCUT2D eigenvalue weighted by Crippen LogP contribution is -2.05. The molecule has 0 fully saturated rings. The number of benzene rings is 1. The quantitative estimate of drug-likeness (QED) is 0.946. The van der Waals surface area contributed by atoms with Gasteiger partial charge in [-0.1, -0.05) is 15.9 Å². The van der Waals surface area contributed by atoms with Crippen LogP contribution in [0.5, 0.6) is 5.75 Å². The van der Waals surface area contributed by atoms with Crippen LogP contribution in [0.1, 0.15) is 10.6 Å². The van der Waals surface area contributed by atoms with E-state index in [1.165, 1.54) is 4.57 Å². The molecule has 0 bridgehead atoms. The number of aromatic carboxylic acids is 1. The highest BCUT2D eigenvalue weighted by atomic mass is 79.9. The Kier molecular flexibility index (Phi) is 3.38. The Hall–Kier alpha value is -1.82. The maximum absolute atomic E-state index is 11.0. The number of carboxylic acids is 1. The number of imidazole rings is 1. The molecular weight excluding hydrogens is 300 g/mol. The van der Waals surface area contributed by atoms with E-state index in [0.29, 0.717) is 11.4 Å². The van der Waals surface area contributed by atoms with E-state index in [0.717, 1.165) is 10.0 Å². The van der Waals surface area contributed by atoms with Gasteiger partial charge < -0.3 is 14.4 Å². The molecule has 94 valence electrons. The Labute approximate surface area is 112 Å². The van der Waals surface area contributed by atoms with Crippen LogP contribution in [0.25, 0.3) is 11.3 Å². The lowest BCUT2D eigenvalue weighted by atomic mass is 10.1. The molecule has 2 aromatic rings. The normalized spacial score (nSPS) is 10.4. The number of aryl methyl sites for hydroxylation is 1. The van der Waals surface area contributed by atoms with Gasteiger partial charge in [0.25, 0.3) is 0 Å². The van der Waals surface area contributed by atoms with Crippen molar-refractivity contribution in [2.45, 2.75) is 0 Å². The molecule has 1 N–H and O–H groups in total. The molecule has 6 heteroatoms. The summed E-state index contributed by atoms with van der Waals surface area (Å²) in [6, 6.07) is 5.49. The molecule has 0 aliphatic heterocycles. The van der Waals surface area contributed by atoms with Crippen LogP contribution in [0.2, 0.25) is 0 Å². The Morgan fingerprint density at radius 2 is 2.22 bits per heavy atom. The van der Waals surface area contributed by atoms with Crippen LogP contribution in [0.3, 0.4) is 0 Å². The number of carboxylic acid groups (broad SMARTS) is 1. The first-order chi connectivity index (χ1) is 8.52. The van der Waals surface area contributed by atoms with E-state index in [2.05, 4.69) is 20.9 Å². The van der Waals surface area contributed by atoms with Gasteiger partial charge in [-0.3, -0.25) is 0 Å². The summed E-state index contributed by atoms with van der Waals surface area (Å²) in [5, 5.41) is 8.98. The predicted octanol–water partition coefficient (Wildman–Crippen LogP) is 2.56. The maximum Gasteiger partial charge on any atom is 0.372 e. The minimum atomic E-state index is -1.06. The molecule has 18 heavy (non-hydrogen) atoms. The maximum atomic E-state index is 11.0. The SMILES string of the molecule is COc1ccc(Br)cc1-c1cn(C)c(C(=O)O)n1. The minimum Gasteiger partial charge on any atom is -0.496 e. The summed E-state index contributed by atoms with van der Waals surface area (Å²) in [6.45, 7) is 0. The highest BCUT2D eigenvalue weighted by Crippen LogP contribution is 2.31. The monoisotopic (exact) mass is 310 g/mol. The molecule has 0 amide bonds. The fourth-order valence-corrected chi connectivity index (χ4v) is 2.04. The smallest absolute Gasteiger partial charge is 0.372 e. The third-order valence-corrected chi connectivity index (χ3v) is 3.00. The van der Waals surface area contributed by atoms with E-state index in [1.54, 1.807) is 26.4 Å². The molecule has 0 aliphatic carbocycles. The van der Waals surface area contributed by atoms with E-state index < -0.39 is 5.97 Å². The van der Waals surface area contributed by atoms with Crippen molar-refractivity contribution in [2.75, 3.05) is 7.11 Å². The van der Waals surface area contributed by atoms with Crippen LogP contribution >= 0.6 is 15.9 Å². The second-order valence-corrected chi connectivity index (χ2v) is 4.63. The van der Waals surface area contributed by atoms with Gasteiger partial charge in [-0.2, -0.15) is 0 Å². The third kappa shape index (κ3) is 2.24. The van der Waals surface area contributed by atoms with Gasteiger partial charge in [0, 0.05) is 23.3 Å². The van der Waals surface area contributed by atoms with Crippen LogP contribution in [-0.4, -0.2) is 27.7 Å². The van der Waals surface area contributed by atoms with E-state index in [-0.39, 0.29) is 5.82 Å². The highest BCUT2D eigenvalue weighted by molar-refractivity contribution is 9.10. The number of hydrogen-bond acceptors (Lipinski definition) is 3. The molecule has 0 atom stereocenters. The summed E-state index contributed by atoms with van der Waals surface area (Å²) in [7, 11) is 3.21. The highest BCUT2D eigenvalue weighted by Gasteiger charge is 2.16. The van der Waals surface area contributed by atoms with Gasteiger partial charge in [0.05, 0.1) is 12.8 Å². The van der Waals surface area contributed by atoms with Crippen LogP contribution in [0, 0.1) is 0 Å². The molecule has 0 saturated heterocycles. The standard InChI is InChI=1S/C12H11BrN2O3/c1-15-6-9(14-11(15)12(16)17)8-5-7(13)3-4-10(8)18-2/h3-6H,1-2H3,(H,16,17). The lowest BCUT2D eigenvalue weighted by molar-refractivity contribution is 0.0680. The number of hydrogen-bond donors (Lipinski definition) is 1. The second-order valence-electron chi connectivity index (χ2n) is 3.71. The summed E-state index contributed by atoms with van der Waals surface area (Å²) >= 11 is 3.37. The first kappa shape index (κ1) is 12.6. The predicted molar refractivity (Wildman–Crippen MR) is 69.9 cm³/mol. The average molecular weight is 311 g/mol. The second kappa shape index (κ2) is 4.81. The molecule has 1 aromatic carbocycles. The Balaban J connectivity index is 2.58. The number of halogens is 1. The van der Waals surface area contributed by atoms with Crippen LogP contribution < -0.4 is 4.74 Å². The topological polar surface area (TPSA) is 64.3 Å². The van der Waals surface area contributed by atoms with Crippen molar-refractivity contribution >= 4 is 21.9 Å². The molecule has 0 unspecified atom stereocenters. The summed E-state index contributed by atoms with van der Waals surface area (Å²) in [4.78, 5) is 15.1. The molecule has 0 aliphatic rings. The zero-order valence-corrected chi connectivity index (χ0v) is 11.4. The van der Waals surface area contributed by atoms with Gasteiger partial charge in [-0.05, 0) is 18.2 Å². The molecule has 0 radical (unpaired) electrons. The van der Waals surface area contributed by atoms with Crippen molar-refractivity contribution in [2.24, 2.45) is 7.05 Å². The van der Waals surface area contributed by atoms with Crippen molar-refractivity contribution in [3.8, 4) is 17.0 Å². The number of methoxy groups -OCH3 is 1. The minimum absolute atomic E-state index is 0.00738. The van der Waals surface area contributed by atoms with Gasteiger partial charge in [0.2, 0.25) is 5.82 Å². The van der Waals surface area contributed by atoms with Crippen molar-refractivity contribution < 1.29 is 14.6 Å². The molecule has 0 spiro atoms. The Bertz CT molecular complexity index is 607. The Morgan fingerprint density at radius 3 is 2.78 bits per heavy atom. The summed E-state index contributed by atoms with van der Waals surface area (Å²) < 4.78 is 7.59. The number of ether oxygens (including phenoxy) is 1. The summed E-state index contributed by atoms with van der Waals surface area (Å²) in [6.07, 6.45) is 1.66. The molecule has 1 aromatic heterocycles. The van der Waals surface area contributed by atoms with E-state index in [4.69, 9.17) is 9.84 Å². The zero-order chi connectivity index (χ0) is 13.3. The Morgan fingerprint density at radius 1 is 1.50 bits per heavy atom. The van der Waals surface area contributed by atoms with Gasteiger partial charge in [-0.15, -0.1) is 0 Å². The van der Waals surface area contributed by atoms with Gasteiger partial charge in [0.1, 0.15) is 5.75 Å². The van der Waals surface area contributed by atoms with Crippen LogP contribution in [0.4, 0.5) is 0 Å². The first-order valence-corrected chi connectivity index (χ1v) is 5.93. The van der Waals surface area contributed by atoms with E-state index in [9.17, 15) is 4.79 Å². The van der Waals surface area contributed by atoms with Crippen molar-refractivity contribution in [1.29, 1.82) is 0 Å². The van der Waals surface area contributed by atoms with Gasteiger partial charge >= 0.3 is 5.97 Å². The summed E-state index contributed by atoms with van der Waals surface area (Å²) in [5.74, 6) is -0.419. The number of nitrogens with zero attached hydrogens (tertiary/aromatic N) is 2. The summed E-state index contributed by atoms with van der Waals surface area (Å²) in [5.41, 5.74) is 1.31. The lowest BCUT2D eigenvalue weighted by Gasteiger charge is -2.06.